The molecule has 1 aliphatic rings. The van der Waals surface area contributed by atoms with Crippen molar-refractivity contribution in [2.75, 3.05) is 0 Å². The number of nitrogens with zero attached hydrogens (tertiary/aromatic N) is 2. The van der Waals surface area contributed by atoms with Crippen molar-refractivity contribution in [1.82, 2.24) is 10.4 Å². The lowest BCUT2D eigenvalue weighted by Gasteiger charge is -2.33. The molecule has 0 saturated heterocycles. The van der Waals surface area contributed by atoms with Gasteiger partial charge in [-0.15, -0.1) is 0 Å². The third kappa shape index (κ3) is 1.99. The quantitative estimate of drug-likeness (QED) is 0.688. The van der Waals surface area contributed by atoms with Gasteiger partial charge in [-0.25, -0.2) is 0 Å². The lowest BCUT2D eigenvalue weighted by Crippen LogP contribution is -2.54. The minimum atomic E-state index is -0.219. The molecule has 1 unspecified atom stereocenters. The summed E-state index contributed by atoms with van der Waals surface area (Å²) in [5.74, 6) is 0.319. The third-order valence-corrected chi connectivity index (χ3v) is 2.07. The minimum absolute atomic E-state index is 0.0625. The highest BCUT2D eigenvalue weighted by atomic mass is 16.2. The van der Waals surface area contributed by atoms with Crippen LogP contribution in [0.3, 0.4) is 0 Å². The molecule has 1 atom stereocenters. The van der Waals surface area contributed by atoms with Crippen molar-refractivity contribution >= 4 is 12.2 Å². The number of hydrazine groups is 1. The third-order valence-electron chi connectivity index (χ3n) is 2.07. The predicted octanol–water partition coefficient (Wildman–Crippen LogP) is 0.795. The zero-order valence-corrected chi connectivity index (χ0v) is 8.61. The summed E-state index contributed by atoms with van der Waals surface area (Å²) in [5, 5.41) is 1.62. The van der Waals surface area contributed by atoms with Gasteiger partial charge in [-0.2, -0.15) is 0 Å². The largest absolute Gasteiger partial charge is 0.285 e. The molecule has 1 aliphatic heterocycles. The van der Waals surface area contributed by atoms with Crippen molar-refractivity contribution < 1.29 is 4.79 Å². The first-order valence-corrected chi connectivity index (χ1v) is 4.65. The number of amides is 1. The first-order chi connectivity index (χ1) is 6.04. The highest BCUT2D eigenvalue weighted by Gasteiger charge is 2.30. The SMILES string of the molecule is CC(C)C1N=CNN(C(C)C)C1=O. The highest BCUT2D eigenvalue weighted by Crippen LogP contribution is 2.12. The molecule has 1 rings (SSSR count). The minimum Gasteiger partial charge on any atom is -0.285 e. The first kappa shape index (κ1) is 10.0. The lowest BCUT2D eigenvalue weighted by molar-refractivity contribution is -0.138. The number of nitrogens with one attached hydrogen (secondary N) is 1. The summed E-state index contributed by atoms with van der Waals surface area (Å²) in [4.78, 5) is 15.9. The van der Waals surface area contributed by atoms with Crippen LogP contribution in [0, 0.1) is 5.92 Å². The summed E-state index contributed by atoms with van der Waals surface area (Å²) >= 11 is 0. The first-order valence-electron chi connectivity index (χ1n) is 4.65. The molecular formula is C9H17N3O. The Bertz CT molecular complexity index is 223. The second-order valence-electron chi connectivity index (χ2n) is 3.90. The predicted molar refractivity (Wildman–Crippen MR) is 52.2 cm³/mol. The second-order valence-corrected chi connectivity index (χ2v) is 3.90. The standard InChI is InChI=1S/C9H17N3O/c1-6(2)8-9(13)12(7(3)4)11-5-10-8/h5-8H,1-4H3,(H,10,11). The van der Waals surface area contributed by atoms with Crippen LogP contribution >= 0.6 is 0 Å². The van der Waals surface area contributed by atoms with Gasteiger partial charge in [0.2, 0.25) is 0 Å². The average molecular weight is 183 g/mol. The van der Waals surface area contributed by atoms with Crippen LogP contribution < -0.4 is 5.43 Å². The molecule has 74 valence electrons. The van der Waals surface area contributed by atoms with Crippen LogP contribution in [0.2, 0.25) is 0 Å². The summed E-state index contributed by atoms with van der Waals surface area (Å²) in [6.07, 6.45) is 1.60. The molecule has 0 saturated carbocycles. The average Bonchev–Trinajstić information content (AvgIpc) is 2.03. The molecule has 1 amide bonds. The van der Waals surface area contributed by atoms with E-state index < -0.39 is 0 Å². The summed E-state index contributed by atoms with van der Waals surface area (Å²) in [6.45, 7) is 7.95. The van der Waals surface area contributed by atoms with Gasteiger partial charge in [0, 0.05) is 6.04 Å². The van der Waals surface area contributed by atoms with E-state index in [-0.39, 0.29) is 23.9 Å². The molecular weight excluding hydrogens is 166 g/mol. The van der Waals surface area contributed by atoms with E-state index in [9.17, 15) is 4.79 Å². The maximum atomic E-state index is 11.8. The van der Waals surface area contributed by atoms with Gasteiger partial charge in [0.15, 0.2) is 0 Å². The fraction of sp³-hybridized carbons (Fsp3) is 0.778. The zero-order chi connectivity index (χ0) is 10.0. The van der Waals surface area contributed by atoms with E-state index in [1.807, 2.05) is 27.7 Å². The maximum Gasteiger partial charge on any atom is 0.266 e. The normalized spacial score (nSPS) is 22.8. The van der Waals surface area contributed by atoms with Gasteiger partial charge in [0.1, 0.15) is 12.4 Å². The summed E-state index contributed by atoms with van der Waals surface area (Å²) in [6, 6.07) is -0.0517. The maximum absolute atomic E-state index is 11.8. The number of carbonyl (C=O) groups excluding carboxylic acids is 1. The van der Waals surface area contributed by atoms with E-state index in [1.165, 1.54) is 0 Å². The van der Waals surface area contributed by atoms with E-state index >= 15 is 0 Å². The van der Waals surface area contributed by atoms with Crippen molar-refractivity contribution in [2.24, 2.45) is 10.9 Å². The van der Waals surface area contributed by atoms with E-state index in [0.717, 1.165) is 0 Å². The van der Waals surface area contributed by atoms with E-state index in [1.54, 1.807) is 11.3 Å². The van der Waals surface area contributed by atoms with Crippen LogP contribution in [-0.2, 0) is 4.79 Å². The monoisotopic (exact) mass is 183 g/mol. The molecule has 0 spiro atoms. The molecule has 4 heteroatoms. The van der Waals surface area contributed by atoms with Gasteiger partial charge in [-0.1, -0.05) is 13.8 Å². The summed E-state index contributed by atoms with van der Waals surface area (Å²) < 4.78 is 0. The second kappa shape index (κ2) is 3.77. The van der Waals surface area contributed by atoms with Crippen molar-refractivity contribution in [3.63, 3.8) is 0 Å². The fourth-order valence-electron chi connectivity index (χ4n) is 1.31. The van der Waals surface area contributed by atoms with Gasteiger partial charge in [0.25, 0.3) is 5.91 Å². The summed E-state index contributed by atoms with van der Waals surface area (Å²) in [5.41, 5.74) is 2.85. The number of hydrogen-bond acceptors (Lipinski definition) is 3. The Kier molecular flexibility index (Phi) is 2.90. The van der Waals surface area contributed by atoms with Gasteiger partial charge >= 0.3 is 0 Å². The lowest BCUT2D eigenvalue weighted by atomic mass is 10.0. The van der Waals surface area contributed by atoms with Crippen LogP contribution in [0.5, 0.6) is 0 Å². The van der Waals surface area contributed by atoms with Gasteiger partial charge < -0.3 is 0 Å². The fourth-order valence-corrected chi connectivity index (χ4v) is 1.31. The molecule has 0 aromatic carbocycles. The molecule has 0 fully saturated rings. The molecule has 0 bridgehead atoms. The molecule has 0 aromatic heterocycles. The molecule has 1 N–H and O–H groups in total. The Morgan fingerprint density at radius 3 is 2.54 bits per heavy atom. The number of carbonyl (C=O) groups is 1. The van der Waals surface area contributed by atoms with Crippen molar-refractivity contribution in [2.45, 2.75) is 39.8 Å². The van der Waals surface area contributed by atoms with E-state index in [4.69, 9.17) is 0 Å². The number of rotatable bonds is 2. The number of hydrogen-bond donors (Lipinski definition) is 1. The van der Waals surface area contributed by atoms with Crippen LogP contribution in [0.25, 0.3) is 0 Å². The van der Waals surface area contributed by atoms with Crippen molar-refractivity contribution in [1.29, 1.82) is 0 Å². The zero-order valence-electron chi connectivity index (χ0n) is 8.61. The molecule has 13 heavy (non-hydrogen) atoms. The van der Waals surface area contributed by atoms with Gasteiger partial charge in [-0.05, 0) is 19.8 Å². The smallest absolute Gasteiger partial charge is 0.266 e. The molecule has 0 aliphatic carbocycles. The Morgan fingerprint density at radius 1 is 1.46 bits per heavy atom. The molecule has 1 heterocycles. The molecule has 0 radical (unpaired) electrons. The van der Waals surface area contributed by atoms with Crippen LogP contribution in [-0.4, -0.2) is 29.3 Å². The van der Waals surface area contributed by atoms with Crippen molar-refractivity contribution in [3.05, 3.63) is 0 Å². The molecule has 4 nitrogen and oxygen atoms in total. The number of aliphatic imine (C=N–C) groups is 1. The topological polar surface area (TPSA) is 44.7 Å². The van der Waals surface area contributed by atoms with Crippen LogP contribution in [0.1, 0.15) is 27.7 Å². The van der Waals surface area contributed by atoms with Gasteiger partial charge in [-0.3, -0.25) is 20.2 Å². The highest BCUT2D eigenvalue weighted by molar-refractivity contribution is 5.86. The Morgan fingerprint density at radius 2 is 2.08 bits per heavy atom. The molecule has 0 aromatic rings. The van der Waals surface area contributed by atoms with Crippen LogP contribution in [0.4, 0.5) is 0 Å². The van der Waals surface area contributed by atoms with E-state index in [2.05, 4.69) is 10.4 Å². The summed E-state index contributed by atoms with van der Waals surface area (Å²) in [7, 11) is 0. The van der Waals surface area contributed by atoms with Crippen molar-refractivity contribution in [3.8, 4) is 0 Å². The Labute approximate surface area is 79.0 Å². The Hall–Kier alpha value is -1.06. The van der Waals surface area contributed by atoms with Gasteiger partial charge in [0.05, 0.1) is 0 Å². The van der Waals surface area contributed by atoms with E-state index in [0.29, 0.717) is 0 Å². The van der Waals surface area contributed by atoms with Crippen LogP contribution in [0.15, 0.2) is 4.99 Å². The Balaban J connectivity index is 2.77.